The summed E-state index contributed by atoms with van der Waals surface area (Å²) in [5.41, 5.74) is 2.41. The Balaban J connectivity index is 1.54. The average molecular weight is 643 g/mol. The second-order valence-electron chi connectivity index (χ2n) is 9.47. The summed E-state index contributed by atoms with van der Waals surface area (Å²) in [6, 6.07) is 16.9. The van der Waals surface area contributed by atoms with E-state index < -0.39 is 23.9 Å². The monoisotopic (exact) mass is 641 g/mol. The SMILES string of the molecule is CCOC(=O)c1ccc(NC(=O)C[C@H]2C(=O)N(c3ccc(C(=O)OCC)cc3)C(=S)N2CCc2ccc(Cl)cc2Cl)cc1. The maximum atomic E-state index is 13.8. The van der Waals surface area contributed by atoms with E-state index in [1.807, 2.05) is 0 Å². The van der Waals surface area contributed by atoms with Crippen molar-refractivity contribution in [3.05, 3.63) is 93.5 Å². The van der Waals surface area contributed by atoms with Crippen molar-refractivity contribution in [1.29, 1.82) is 0 Å². The van der Waals surface area contributed by atoms with Gasteiger partial charge in [0.1, 0.15) is 6.04 Å². The normalized spacial score (nSPS) is 14.6. The summed E-state index contributed by atoms with van der Waals surface area (Å²) in [7, 11) is 0. The number of carbonyl (C=O) groups excluding carboxylic acids is 4. The van der Waals surface area contributed by atoms with Gasteiger partial charge in [0.25, 0.3) is 5.91 Å². The molecule has 3 aromatic rings. The summed E-state index contributed by atoms with van der Waals surface area (Å²) in [6.07, 6.45) is 0.247. The van der Waals surface area contributed by atoms with Gasteiger partial charge < -0.3 is 19.7 Å². The van der Waals surface area contributed by atoms with Crippen LogP contribution < -0.4 is 10.2 Å². The molecular formula is C31H29Cl2N3O6S. The molecule has 4 rings (SSSR count). The van der Waals surface area contributed by atoms with Crippen LogP contribution in [0.1, 0.15) is 46.5 Å². The van der Waals surface area contributed by atoms with Crippen LogP contribution in [-0.2, 0) is 25.5 Å². The number of nitrogens with zero attached hydrogens (tertiary/aromatic N) is 2. The molecule has 224 valence electrons. The smallest absolute Gasteiger partial charge is 0.338 e. The van der Waals surface area contributed by atoms with Crippen molar-refractivity contribution in [2.45, 2.75) is 32.7 Å². The zero-order valence-corrected chi connectivity index (χ0v) is 25.8. The van der Waals surface area contributed by atoms with Gasteiger partial charge in [0, 0.05) is 22.3 Å². The number of anilines is 2. The first-order valence-electron chi connectivity index (χ1n) is 13.6. The average Bonchev–Trinajstić information content (AvgIpc) is 3.21. The number of hydrogen-bond acceptors (Lipinski definition) is 7. The summed E-state index contributed by atoms with van der Waals surface area (Å²) >= 11 is 18.2. The number of thiocarbonyl (C=S) groups is 1. The summed E-state index contributed by atoms with van der Waals surface area (Å²) < 4.78 is 10.0. The molecule has 1 fully saturated rings. The fraction of sp³-hybridized carbons (Fsp3) is 0.258. The summed E-state index contributed by atoms with van der Waals surface area (Å²) in [6.45, 7) is 4.22. The summed E-state index contributed by atoms with van der Waals surface area (Å²) in [5, 5.41) is 3.98. The molecule has 0 saturated carbocycles. The molecule has 0 aliphatic carbocycles. The lowest BCUT2D eigenvalue weighted by atomic mass is 10.1. The molecule has 0 spiro atoms. The van der Waals surface area contributed by atoms with Gasteiger partial charge in [-0.25, -0.2) is 9.59 Å². The number of hydrogen-bond donors (Lipinski definition) is 1. The minimum absolute atomic E-state index is 0.190. The highest BCUT2D eigenvalue weighted by Gasteiger charge is 2.44. The molecule has 0 unspecified atom stereocenters. The third-order valence-electron chi connectivity index (χ3n) is 6.65. The number of esters is 2. The minimum atomic E-state index is -0.901. The van der Waals surface area contributed by atoms with E-state index >= 15 is 0 Å². The highest BCUT2D eigenvalue weighted by Crippen LogP contribution is 2.29. The number of ether oxygens (including phenoxy) is 2. The number of rotatable bonds is 11. The van der Waals surface area contributed by atoms with E-state index in [0.717, 1.165) is 5.56 Å². The molecule has 43 heavy (non-hydrogen) atoms. The second kappa shape index (κ2) is 14.5. The van der Waals surface area contributed by atoms with Crippen LogP contribution in [0.2, 0.25) is 10.0 Å². The van der Waals surface area contributed by atoms with Crippen LogP contribution >= 0.6 is 35.4 Å². The van der Waals surface area contributed by atoms with Gasteiger partial charge in [-0.05, 0) is 98.7 Å². The van der Waals surface area contributed by atoms with Crippen molar-refractivity contribution >= 4 is 75.7 Å². The van der Waals surface area contributed by atoms with Crippen LogP contribution in [-0.4, -0.2) is 59.6 Å². The van der Waals surface area contributed by atoms with Gasteiger partial charge >= 0.3 is 11.9 Å². The lowest BCUT2D eigenvalue weighted by Gasteiger charge is -2.24. The maximum Gasteiger partial charge on any atom is 0.338 e. The van der Waals surface area contributed by atoms with E-state index in [0.29, 0.717) is 45.5 Å². The van der Waals surface area contributed by atoms with E-state index in [9.17, 15) is 19.2 Å². The first kappa shape index (κ1) is 31.9. The molecule has 2 amide bonds. The Labute approximate surface area is 264 Å². The van der Waals surface area contributed by atoms with Gasteiger partial charge in [0.2, 0.25) is 5.91 Å². The first-order chi connectivity index (χ1) is 20.6. The predicted octanol–water partition coefficient (Wildman–Crippen LogP) is 5.92. The van der Waals surface area contributed by atoms with Crippen LogP contribution in [0, 0.1) is 0 Å². The third-order valence-corrected chi connectivity index (χ3v) is 7.66. The van der Waals surface area contributed by atoms with Crippen molar-refractivity contribution in [1.82, 2.24) is 4.90 Å². The standard InChI is InChI=1S/C31H29Cl2N3O6S/c1-3-41-29(39)20-6-11-23(12-7-20)34-27(37)18-26-28(38)36(24-13-8-21(9-14-24)30(40)42-4-2)31(43)35(26)16-15-19-5-10-22(32)17-25(19)33/h5-14,17,26H,3-4,15-16,18H2,1-2H3,(H,34,37)/t26-/m0/s1. The molecular weight excluding hydrogens is 613 g/mol. The Morgan fingerprint density at radius 2 is 1.47 bits per heavy atom. The minimum Gasteiger partial charge on any atom is -0.462 e. The Morgan fingerprint density at radius 3 is 2.02 bits per heavy atom. The molecule has 1 aliphatic rings. The van der Waals surface area contributed by atoms with Crippen molar-refractivity contribution in [2.24, 2.45) is 0 Å². The molecule has 3 aromatic carbocycles. The maximum absolute atomic E-state index is 13.8. The van der Waals surface area contributed by atoms with Gasteiger partial charge in [0.05, 0.1) is 36.4 Å². The topological polar surface area (TPSA) is 105 Å². The van der Waals surface area contributed by atoms with Crippen molar-refractivity contribution in [3.8, 4) is 0 Å². The number of nitrogens with one attached hydrogen (secondary N) is 1. The van der Waals surface area contributed by atoms with Crippen LogP contribution in [0.3, 0.4) is 0 Å². The molecule has 1 atom stereocenters. The summed E-state index contributed by atoms with van der Waals surface area (Å²) in [5.74, 6) is -1.74. The molecule has 0 aromatic heterocycles. The first-order valence-corrected chi connectivity index (χ1v) is 14.7. The number of halogens is 2. The van der Waals surface area contributed by atoms with E-state index in [-0.39, 0.29) is 30.7 Å². The van der Waals surface area contributed by atoms with Crippen LogP contribution in [0.25, 0.3) is 0 Å². The molecule has 0 radical (unpaired) electrons. The van der Waals surface area contributed by atoms with Crippen molar-refractivity contribution < 1.29 is 28.7 Å². The highest BCUT2D eigenvalue weighted by molar-refractivity contribution is 7.80. The third kappa shape index (κ3) is 7.70. The van der Waals surface area contributed by atoms with Crippen LogP contribution in [0.5, 0.6) is 0 Å². The van der Waals surface area contributed by atoms with E-state index in [1.165, 1.54) is 4.90 Å². The molecule has 12 heteroatoms. The van der Waals surface area contributed by atoms with Crippen LogP contribution in [0.15, 0.2) is 66.7 Å². The fourth-order valence-corrected chi connectivity index (χ4v) is 5.46. The number of benzene rings is 3. The van der Waals surface area contributed by atoms with Gasteiger partial charge in [-0.2, -0.15) is 0 Å². The van der Waals surface area contributed by atoms with E-state index in [4.69, 9.17) is 44.9 Å². The molecule has 1 saturated heterocycles. The Kier molecular flexibility index (Phi) is 10.7. The number of amides is 2. The molecule has 1 heterocycles. The second-order valence-corrected chi connectivity index (χ2v) is 10.7. The fourth-order valence-electron chi connectivity index (χ4n) is 4.54. The van der Waals surface area contributed by atoms with Crippen molar-refractivity contribution in [2.75, 3.05) is 30.0 Å². The molecule has 0 bridgehead atoms. The largest absolute Gasteiger partial charge is 0.462 e. The zero-order valence-electron chi connectivity index (χ0n) is 23.5. The van der Waals surface area contributed by atoms with Crippen LogP contribution in [0.4, 0.5) is 11.4 Å². The predicted molar refractivity (Wildman–Crippen MR) is 169 cm³/mol. The lowest BCUT2D eigenvalue weighted by molar-refractivity contribution is -0.124. The van der Waals surface area contributed by atoms with Gasteiger partial charge in [-0.15, -0.1) is 0 Å². The zero-order chi connectivity index (χ0) is 31.1. The Hall–Kier alpha value is -3.99. The number of carbonyl (C=O) groups is 4. The quantitative estimate of drug-likeness (QED) is 0.203. The lowest BCUT2D eigenvalue weighted by Crippen LogP contribution is -2.39. The van der Waals surface area contributed by atoms with Crippen molar-refractivity contribution in [3.63, 3.8) is 0 Å². The van der Waals surface area contributed by atoms with Gasteiger partial charge in [-0.1, -0.05) is 29.3 Å². The Bertz CT molecular complexity index is 1530. The van der Waals surface area contributed by atoms with Gasteiger partial charge in [-0.3, -0.25) is 14.5 Å². The highest BCUT2D eigenvalue weighted by atomic mass is 35.5. The van der Waals surface area contributed by atoms with Gasteiger partial charge in [0.15, 0.2) is 5.11 Å². The Morgan fingerprint density at radius 1 is 0.884 bits per heavy atom. The molecule has 1 N–H and O–H groups in total. The molecule has 9 nitrogen and oxygen atoms in total. The molecule has 1 aliphatic heterocycles. The summed E-state index contributed by atoms with van der Waals surface area (Å²) in [4.78, 5) is 54.0. The van der Waals surface area contributed by atoms with E-state index in [1.54, 1.807) is 85.5 Å². The van der Waals surface area contributed by atoms with E-state index in [2.05, 4.69) is 5.32 Å².